The van der Waals surface area contributed by atoms with Gasteiger partial charge in [-0.1, -0.05) is 29.8 Å². The molecule has 112 valence electrons. The molecule has 3 N–H and O–H groups in total. The molecule has 0 amide bonds. The Morgan fingerprint density at radius 1 is 1.19 bits per heavy atom. The fraction of sp³-hybridized carbons (Fsp3) is 0.0769. The number of para-hydroxylation sites is 1. The highest BCUT2D eigenvalue weighted by atomic mass is 35.5. The number of nitrogens with two attached hydrogens (primary N) is 1. The first-order valence-electron chi connectivity index (χ1n) is 5.77. The summed E-state index contributed by atoms with van der Waals surface area (Å²) < 4.78 is 52.6. The molecule has 0 aromatic heterocycles. The molecule has 4 nitrogen and oxygen atoms in total. The van der Waals surface area contributed by atoms with Gasteiger partial charge in [0.1, 0.15) is 11.5 Å². The molecule has 2 aromatic rings. The highest BCUT2D eigenvalue weighted by molar-refractivity contribution is 7.91. The maximum Gasteiger partial charge on any atom is 0.237 e. The van der Waals surface area contributed by atoms with E-state index in [1.807, 2.05) is 4.72 Å². The van der Waals surface area contributed by atoms with E-state index in [0.717, 1.165) is 6.07 Å². The molecule has 0 saturated carbocycles. The fourth-order valence-electron chi connectivity index (χ4n) is 1.70. The monoisotopic (exact) mass is 332 g/mol. The minimum Gasteiger partial charge on any atom is -0.398 e. The van der Waals surface area contributed by atoms with E-state index in [-0.39, 0.29) is 5.02 Å². The van der Waals surface area contributed by atoms with E-state index in [4.69, 9.17) is 17.3 Å². The highest BCUT2D eigenvalue weighted by Gasteiger charge is 2.18. The molecule has 2 rings (SSSR count). The second-order valence-corrected chi connectivity index (χ2v) is 6.43. The lowest BCUT2D eigenvalue weighted by Gasteiger charge is -2.11. The molecule has 0 saturated heterocycles. The molecule has 0 bridgehead atoms. The van der Waals surface area contributed by atoms with Crippen LogP contribution in [0.15, 0.2) is 36.4 Å². The van der Waals surface area contributed by atoms with Crippen molar-refractivity contribution in [2.24, 2.45) is 0 Å². The number of anilines is 2. The third-order valence-corrected chi connectivity index (χ3v) is 4.17. The van der Waals surface area contributed by atoms with E-state index in [1.165, 1.54) is 6.07 Å². The van der Waals surface area contributed by atoms with E-state index in [1.54, 1.807) is 18.2 Å². The molecule has 21 heavy (non-hydrogen) atoms. The van der Waals surface area contributed by atoms with Crippen LogP contribution in [-0.4, -0.2) is 8.42 Å². The summed E-state index contributed by atoms with van der Waals surface area (Å²) in [5.74, 6) is -2.44. The van der Waals surface area contributed by atoms with Crippen molar-refractivity contribution in [3.05, 3.63) is 58.6 Å². The summed E-state index contributed by atoms with van der Waals surface area (Å²) in [5.41, 5.74) is 5.83. The van der Waals surface area contributed by atoms with Crippen molar-refractivity contribution >= 4 is 33.0 Å². The second-order valence-electron chi connectivity index (χ2n) is 4.30. The normalized spacial score (nSPS) is 11.4. The summed E-state index contributed by atoms with van der Waals surface area (Å²) in [5, 5.41) is -0.364. The van der Waals surface area contributed by atoms with Crippen molar-refractivity contribution in [1.82, 2.24) is 0 Å². The summed E-state index contributed by atoms with van der Waals surface area (Å²) in [4.78, 5) is 0. The first kappa shape index (κ1) is 15.5. The second kappa shape index (κ2) is 5.87. The van der Waals surface area contributed by atoms with Gasteiger partial charge in [0.15, 0.2) is 5.82 Å². The van der Waals surface area contributed by atoms with Crippen LogP contribution >= 0.6 is 11.6 Å². The Labute approximate surface area is 125 Å². The maximum atomic E-state index is 13.6. The zero-order valence-electron chi connectivity index (χ0n) is 10.6. The van der Waals surface area contributed by atoms with Crippen LogP contribution in [0.5, 0.6) is 0 Å². The van der Waals surface area contributed by atoms with Crippen molar-refractivity contribution in [2.75, 3.05) is 10.5 Å². The van der Waals surface area contributed by atoms with Gasteiger partial charge in [-0.2, -0.15) is 0 Å². The number of nitrogens with one attached hydrogen (secondary N) is 1. The average molecular weight is 333 g/mol. The number of hydrogen-bond donors (Lipinski definition) is 2. The number of halogens is 3. The summed E-state index contributed by atoms with van der Waals surface area (Å²) in [6, 6.07) is 7.75. The SMILES string of the molecule is Nc1ccccc1CS(=O)(=O)Nc1c(F)cc(F)cc1Cl. The largest absolute Gasteiger partial charge is 0.398 e. The van der Waals surface area contributed by atoms with Crippen LogP contribution in [0.3, 0.4) is 0 Å². The number of sulfonamides is 1. The van der Waals surface area contributed by atoms with Gasteiger partial charge in [-0.15, -0.1) is 0 Å². The summed E-state index contributed by atoms with van der Waals surface area (Å²) >= 11 is 5.64. The lowest BCUT2D eigenvalue weighted by atomic mass is 10.2. The Balaban J connectivity index is 2.29. The van der Waals surface area contributed by atoms with E-state index >= 15 is 0 Å². The molecule has 0 aliphatic rings. The number of nitrogen functional groups attached to an aromatic ring is 1. The van der Waals surface area contributed by atoms with Gasteiger partial charge in [0.05, 0.1) is 10.8 Å². The summed E-state index contributed by atoms with van der Waals surface area (Å²) in [7, 11) is -3.94. The quantitative estimate of drug-likeness (QED) is 0.845. The minimum absolute atomic E-state index is 0.300. The molecule has 0 unspecified atom stereocenters. The van der Waals surface area contributed by atoms with Crippen LogP contribution < -0.4 is 10.5 Å². The molecule has 2 aromatic carbocycles. The zero-order chi connectivity index (χ0) is 15.6. The van der Waals surface area contributed by atoms with Crippen molar-refractivity contribution < 1.29 is 17.2 Å². The van der Waals surface area contributed by atoms with E-state index in [9.17, 15) is 17.2 Å². The number of hydrogen-bond acceptors (Lipinski definition) is 3. The predicted octanol–water partition coefficient (Wildman–Crippen LogP) is 3.14. The third kappa shape index (κ3) is 3.83. The van der Waals surface area contributed by atoms with Gasteiger partial charge in [0, 0.05) is 11.8 Å². The lowest BCUT2D eigenvalue weighted by molar-refractivity contribution is 0.582. The Hall–Kier alpha value is -1.86. The average Bonchev–Trinajstić information content (AvgIpc) is 2.36. The van der Waals surface area contributed by atoms with Crippen molar-refractivity contribution in [2.45, 2.75) is 5.75 Å². The van der Waals surface area contributed by atoms with Crippen LogP contribution in [0.4, 0.5) is 20.2 Å². The molecule has 0 aliphatic carbocycles. The summed E-state index contributed by atoms with van der Waals surface area (Å²) in [6.07, 6.45) is 0. The highest BCUT2D eigenvalue weighted by Crippen LogP contribution is 2.28. The minimum atomic E-state index is -3.94. The predicted molar refractivity (Wildman–Crippen MR) is 78.5 cm³/mol. The number of benzene rings is 2. The lowest BCUT2D eigenvalue weighted by Crippen LogP contribution is -2.17. The van der Waals surface area contributed by atoms with Crippen molar-refractivity contribution in [3.8, 4) is 0 Å². The molecule has 8 heteroatoms. The van der Waals surface area contributed by atoms with Gasteiger partial charge >= 0.3 is 0 Å². The molecular formula is C13H11ClF2N2O2S. The third-order valence-electron chi connectivity index (χ3n) is 2.67. The molecule has 0 heterocycles. The smallest absolute Gasteiger partial charge is 0.237 e. The van der Waals surface area contributed by atoms with Crippen molar-refractivity contribution in [3.63, 3.8) is 0 Å². The Morgan fingerprint density at radius 3 is 2.48 bits per heavy atom. The standard InChI is InChI=1S/C13H11ClF2N2O2S/c14-10-5-9(15)6-11(16)13(10)18-21(19,20)7-8-3-1-2-4-12(8)17/h1-6,18H,7,17H2. The Morgan fingerprint density at radius 2 is 1.86 bits per heavy atom. The molecule has 0 radical (unpaired) electrons. The van der Waals surface area contributed by atoms with Crippen LogP contribution in [0, 0.1) is 11.6 Å². The Kier molecular flexibility index (Phi) is 4.34. The van der Waals surface area contributed by atoms with Crippen LogP contribution in [-0.2, 0) is 15.8 Å². The van der Waals surface area contributed by atoms with Crippen molar-refractivity contribution in [1.29, 1.82) is 0 Å². The zero-order valence-corrected chi connectivity index (χ0v) is 12.2. The molecule has 0 aliphatic heterocycles. The van der Waals surface area contributed by atoms with Gasteiger partial charge in [-0.05, 0) is 17.7 Å². The van der Waals surface area contributed by atoms with Crippen LogP contribution in [0.2, 0.25) is 5.02 Å². The topological polar surface area (TPSA) is 72.2 Å². The fourth-order valence-corrected chi connectivity index (χ4v) is 3.26. The molecule has 0 fully saturated rings. The van der Waals surface area contributed by atoms with E-state index < -0.39 is 33.1 Å². The first-order valence-corrected chi connectivity index (χ1v) is 7.80. The van der Waals surface area contributed by atoms with Crippen LogP contribution in [0.25, 0.3) is 0 Å². The molecule has 0 atom stereocenters. The van der Waals surface area contributed by atoms with E-state index in [0.29, 0.717) is 17.3 Å². The summed E-state index contributed by atoms with van der Waals surface area (Å²) in [6.45, 7) is 0. The van der Waals surface area contributed by atoms with Gasteiger partial charge in [0.2, 0.25) is 10.0 Å². The Bertz CT molecular complexity index is 758. The van der Waals surface area contributed by atoms with Gasteiger partial charge < -0.3 is 5.73 Å². The maximum absolute atomic E-state index is 13.6. The van der Waals surface area contributed by atoms with Gasteiger partial charge in [0.25, 0.3) is 0 Å². The van der Waals surface area contributed by atoms with Crippen LogP contribution in [0.1, 0.15) is 5.56 Å². The number of rotatable bonds is 4. The van der Waals surface area contributed by atoms with E-state index in [2.05, 4.69) is 0 Å². The van der Waals surface area contributed by atoms with Gasteiger partial charge in [-0.25, -0.2) is 17.2 Å². The molecule has 0 spiro atoms. The first-order chi connectivity index (χ1) is 9.78. The molecular weight excluding hydrogens is 322 g/mol. The van der Waals surface area contributed by atoms with Gasteiger partial charge in [-0.3, -0.25) is 4.72 Å².